The van der Waals surface area contributed by atoms with E-state index in [1.807, 2.05) is 25.1 Å². The second-order valence-corrected chi connectivity index (χ2v) is 4.99. The van der Waals surface area contributed by atoms with E-state index in [-0.39, 0.29) is 11.9 Å². The molecule has 20 heavy (non-hydrogen) atoms. The van der Waals surface area contributed by atoms with Gasteiger partial charge in [0.15, 0.2) is 11.5 Å². The molecular weight excluding hydrogens is 254 g/mol. The lowest BCUT2D eigenvalue weighted by atomic mass is 10.1. The fourth-order valence-corrected chi connectivity index (χ4v) is 1.57. The first-order chi connectivity index (χ1) is 9.47. The third kappa shape index (κ3) is 4.61. The molecule has 1 amide bonds. The highest BCUT2D eigenvalue weighted by Gasteiger charge is 2.08. The van der Waals surface area contributed by atoms with Crippen LogP contribution in [0.2, 0.25) is 0 Å². The molecular formula is C16H23NO3. The molecule has 0 spiro atoms. The van der Waals surface area contributed by atoms with Gasteiger partial charge in [-0.15, -0.1) is 0 Å². The first-order valence-electron chi connectivity index (χ1n) is 6.68. The molecule has 1 unspecified atom stereocenters. The molecule has 110 valence electrons. The van der Waals surface area contributed by atoms with E-state index in [2.05, 4.69) is 19.2 Å². The summed E-state index contributed by atoms with van der Waals surface area (Å²) in [6, 6.07) is 5.66. The average molecular weight is 277 g/mol. The van der Waals surface area contributed by atoms with Crippen molar-refractivity contribution in [3.63, 3.8) is 0 Å². The zero-order valence-corrected chi connectivity index (χ0v) is 12.8. The van der Waals surface area contributed by atoms with Gasteiger partial charge in [-0.2, -0.15) is 0 Å². The first kappa shape index (κ1) is 16.1. The summed E-state index contributed by atoms with van der Waals surface area (Å²) in [5.74, 6) is 1.63. The van der Waals surface area contributed by atoms with Crippen LogP contribution < -0.4 is 14.8 Å². The number of hydrogen-bond acceptors (Lipinski definition) is 3. The minimum atomic E-state index is -0.0963. The van der Waals surface area contributed by atoms with Crippen LogP contribution in [0.5, 0.6) is 11.5 Å². The molecule has 0 fully saturated rings. The van der Waals surface area contributed by atoms with Crippen LogP contribution in [0.15, 0.2) is 24.3 Å². The van der Waals surface area contributed by atoms with E-state index in [0.717, 1.165) is 5.56 Å². The standard InChI is InChI=1S/C16H23NO3/c1-11(2)12(3)17-16(18)9-7-13-6-8-14(19-4)15(10-13)20-5/h6-12H,1-5H3,(H,17,18). The lowest BCUT2D eigenvalue weighted by Gasteiger charge is -2.15. The Labute approximate surface area is 120 Å². The van der Waals surface area contributed by atoms with Crippen LogP contribution in [0, 0.1) is 5.92 Å². The number of hydrogen-bond donors (Lipinski definition) is 1. The quantitative estimate of drug-likeness (QED) is 0.813. The van der Waals surface area contributed by atoms with Crippen molar-refractivity contribution in [3.8, 4) is 11.5 Å². The summed E-state index contributed by atoms with van der Waals surface area (Å²) >= 11 is 0. The van der Waals surface area contributed by atoms with Crippen LogP contribution in [0.4, 0.5) is 0 Å². The van der Waals surface area contributed by atoms with Gasteiger partial charge >= 0.3 is 0 Å². The minimum Gasteiger partial charge on any atom is -0.493 e. The molecule has 1 aromatic rings. The highest BCUT2D eigenvalue weighted by Crippen LogP contribution is 2.27. The molecule has 0 aromatic heterocycles. The fourth-order valence-electron chi connectivity index (χ4n) is 1.57. The lowest BCUT2D eigenvalue weighted by molar-refractivity contribution is -0.117. The van der Waals surface area contributed by atoms with E-state index in [1.54, 1.807) is 20.3 Å². The van der Waals surface area contributed by atoms with Gasteiger partial charge in [-0.25, -0.2) is 0 Å². The number of carbonyl (C=O) groups is 1. The van der Waals surface area contributed by atoms with Crippen molar-refractivity contribution in [2.24, 2.45) is 5.92 Å². The van der Waals surface area contributed by atoms with Gasteiger partial charge in [0.25, 0.3) is 0 Å². The number of methoxy groups -OCH3 is 2. The van der Waals surface area contributed by atoms with Crippen LogP contribution in [0.25, 0.3) is 6.08 Å². The monoisotopic (exact) mass is 277 g/mol. The molecule has 1 aromatic carbocycles. The maximum Gasteiger partial charge on any atom is 0.244 e. The molecule has 0 aliphatic carbocycles. The minimum absolute atomic E-state index is 0.0963. The predicted octanol–water partition coefficient (Wildman–Crippen LogP) is 2.88. The van der Waals surface area contributed by atoms with Gasteiger partial charge in [-0.05, 0) is 36.6 Å². The van der Waals surface area contributed by atoms with Gasteiger partial charge in [-0.3, -0.25) is 4.79 Å². The Morgan fingerprint density at radius 2 is 1.80 bits per heavy atom. The summed E-state index contributed by atoms with van der Waals surface area (Å²) in [7, 11) is 3.18. The van der Waals surface area contributed by atoms with Crippen molar-refractivity contribution >= 4 is 12.0 Å². The van der Waals surface area contributed by atoms with Crippen molar-refractivity contribution < 1.29 is 14.3 Å². The van der Waals surface area contributed by atoms with E-state index >= 15 is 0 Å². The summed E-state index contributed by atoms with van der Waals surface area (Å²) in [5.41, 5.74) is 0.884. The van der Waals surface area contributed by atoms with Crippen LogP contribution in [0.1, 0.15) is 26.3 Å². The van der Waals surface area contributed by atoms with Crippen LogP contribution >= 0.6 is 0 Å². The summed E-state index contributed by atoms with van der Waals surface area (Å²) in [6.07, 6.45) is 3.28. The Hall–Kier alpha value is -1.97. The van der Waals surface area contributed by atoms with Crippen molar-refractivity contribution in [1.82, 2.24) is 5.32 Å². The maximum atomic E-state index is 11.8. The maximum absolute atomic E-state index is 11.8. The molecule has 0 aliphatic rings. The van der Waals surface area contributed by atoms with Gasteiger partial charge in [0.2, 0.25) is 5.91 Å². The second kappa shape index (κ2) is 7.58. The van der Waals surface area contributed by atoms with Crippen LogP contribution in [-0.2, 0) is 4.79 Å². The summed E-state index contributed by atoms with van der Waals surface area (Å²) in [6.45, 7) is 6.14. The molecule has 1 rings (SSSR count). The number of nitrogens with one attached hydrogen (secondary N) is 1. The zero-order chi connectivity index (χ0) is 15.1. The first-order valence-corrected chi connectivity index (χ1v) is 6.68. The Morgan fingerprint density at radius 3 is 2.35 bits per heavy atom. The highest BCUT2D eigenvalue weighted by atomic mass is 16.5. The van der Waals surface area contributed by atoms with Gasteiger partial charge < -0.3 is 14.8 Å². The molecule has 1 atom stereocenters. The summed E-state index contributed by atoms with van der Waals surface area (Å²) in [5, 5.41) is 2.92. The number of rotatable bonds is 6. The van der Waals surface area contributed by atoms with Gasteiger partial charge in [0, 0.05) is 12.1 Å². The largest absolute Gasteiger partial charge is 0.493 e. The van der Waals surface area contributed by atoms with E-state index in [0.29, 0.717) is 17.4 Å². The van der Waals surface area contributed by atoms with Gasteiger partial charge in [0.05, 0.1) is 14.2 Å². The topological polar surface area (TPSA) is 47.6 Å². The van der Waals surface area contributed by atoms with E-state index in [1.165, 1.54) is 6.08 Å². The Morgan fingerprint density at radius 1 is 1.15 bits per heavy atom. The van der Waals surface area contributed by atoms with Crippen molar-refractivity contribution in [2.75, 3.05) is 14.2 Å². The third-order valence-corrected chi connectivity index (χ3v) is 3.20. The fraction of sp³-hybridized carbons (Fsp3) is 0.438. The number of benzene rings is 1. The number of carbonyl (C=O) groups excluding carboxylic acids is 1. The van der Waals surface area contributed by atoms with E-state index in [4.69, 9.17) is 9.47 Å². The zero-order valence-electron chi connectivity index (χ0n) is 12.8. The van der Waals surface area contributed by atoms with E-state index in [9.17, 15) is 4.79 Å². The van der Waals surface area contributed by atoms with Crippen molar-refractivity contribution in [3.05, 3.63) is 29.8 Å². The smallest absolute Gasteiger partial charge is 0.244 e. The van der Waals surface area contributed by atoms with Gasteiger partial charge in [-0.1, -0.05) is 19.9 Å². The third-order valence-electron chi connectivity index (χ3n) is 3.20. The summed E-state index contributed by atoms with van der Waals surface area (Å²) in [4.78, 5) is 11.8. The summed E-state index contributed by atoms with van der Waals surface area (Å²) < 4.78 is 10.4. The Bertz CT molecular complexity index is 481. The Kier molecular flexibility index (Phi) is 6.10. The normalized spacial score (nSPS) is 12.5. The molecule has 1 N–H and O–H groups in total. The van der Waals surface area contributed by atoms with Crippen LogP contribution in [0.3, 0.4) is 0 Å². The molecule has 4 nitrogen and oxygen atoms in total. The average Bonchev–Trinajstić information content (AvgIpc) is 2.44. The molecule has 0 aliphatic heterocycles. The second-order valence-electron chi connectivity index (χ2n) is 4.99. The molecule has 0 saturated carbocycles. The molecule has 0 heterocycles. The SMILES string of the molecule is COc1ccc(C=CC(=O)NC(C)C(C)C)cc1OC. The molecule has 4 heteroatoms. The van der Waals surface area contributed by atoms with Crippen molar-refractivity contribution in [1.29, 1.82) is 0 Å². The molecule has 0 radical (unpaired) electrons. The molecule has 0 saturated heterocycles. The number of amides is 1. The predicted molar refractivity (Wildman–Crippen MR) is 81.0 cm³/mol. The lowest BCUT2D eigenvalue weighted by Crippen LogP contribution is -2.34. The number of ether oxygens (including phenoxy) is 2. The van der Waals surface area contributed by atoms with Crippen LogP contribution in [-0.4, -0.2) is 26.2 Å². The highest BCUT2D eigenvalue weighted by molar-refractivity contribution is 5.92. The molecule has 0 bridgehead atoms. The van der Waals surface area contributed by atoms with E-state index < -0.39 is 0 Å². The van der Waals surface area contributed by atoms with Gasteiger partial charge in [0.1, 0.15) is 0 Å². The van der Waals surface area contributed by atoms with Crippen molar-refractivity contribution in [2.45, 2.75) is 26.8 Å². The Balaban J connectivity index is 2.73.